The summed E-state index contributed by atoms with van der Waals surface area (Å²) < 4.78 is 5.76. The Morgan fingerprint density at radius 2 is 1.86 bits per heavy atom. The van der Waals surface area contributed by atoms with Crippen LogP contribution in [-0.4, -0.2) is 54.6 Å². The number of amides is 2. The number of benzene rings is 1. The fourth-order valence-electron chi connectivity index (χ4n) is 2.14. The third kappa shape index (κ3) is 3.89. The van der Waals surface area contributed by atoms with E-state index in [2.05, 4.69) is 15.9 Å². The molecule has 0 atom stereocenters. The zero-order valence-corrected chi connectivity index (χ0v) is 14.0. The van der Waals surface area contributed by atoms with Gasteiger partial charge in [0.05, 0.1) is 17.2 Å². The molecule has 0 aliphatic carbocycles. The molecular weight excluding hydrogens is 360 g/mol. The average molecular weight is 376 g/mol. The second-order valence-corrected chi connectivity index (χ2v) is 5.93. The van der Waals surface area contributed by atoms with E-state index in [-0.39, 0.29) is 12.0 Å². The first-order valence-electron chi connectivity index (χ1n) is 6.69. The Kier molecular flexibility index (Phi) is 5.47. The van der Waals surface area contributed by atoms with Crippen LogP contribution in [0.2, 0.25) is 5.02 Å². The lowest BCUT2D eigenvalue weighted by Crippen LogP contribution is -2.50. The lowest BCUT2D eigenvalue weighted by molar-refractivity contribution is 0.0570. The van der Waals surface area contributed by atoms with E-state index in [0.717, 1.165) is 4.47 Å². The van der Waals surface area contributed by atoms with Crippen molar-refractivity contribution in [3.05, 3.63) is 33.3 Å². The molecule has 0 aromatic heterocycles. The third-order valence-electron chi connectivity index (χ3n) is 3.25. The Morgan fingerprint density at radius 1 is 1.24 bits per heavy atom. The Bertz CT molecular complexity index is 545. The van der Waals surface area contributed by atoms with Crippen LogP contribution in [0.25, 0.3) is 0 Å². The minimum absolute atomic E-state index is 0.121. The Balaban J connectivity index is 2.00. The fourth-order valence-corrected chi connectivity index (χ4v) is 2.70. The van der Waals surface area contributed by atoms with Crippen molar-refractivity contribution in [1.82, 2.24) is 9.80 Å². The molecule has 1 aliphatic heterocycles. The molecule has 5 nitrogen and oxygen atoms in total. The molecule has 2 amide bonds. The van der Waals surface area contributed by atoms with Gasteiger partial charge in [-0.1, -0.05) is 27.5 Å². The Labute approximate surface area is 136 Å². The highest BCUT2D eigenvalue weighted by atomic mass is 79.9. The summed E-state index contributed by atoms with van der Waals surface area (Å²) in [6.45, 7) is 4.01. The van der Waals surface area contributed by atoms with Crippen LogP contribution < -0.4 is 0 Å². The topological polar surface area (TPSA) is 49.9 Å². The van der Waals surface area contributed by atoms with Crippen LogP contribution in [0.3, 0.4) is 0 Å². The van der Waals surface area contributed by atoms with Gasteiger partial charge in [-0.2, -0.15) is 0 Å². The smallest absolute Gasteiger partial charge is 0.409 e. The number of rotatable bonds is 2. The van der Waals surface area contributed by atoms with Crippen molar-refractivity contribution in [1.29, 1.82) is 0 Å². The summed E-state index contributed by atoms with van der Waals surface area (Å²) in [5.74, 6) is -0.121. The maximum atomic E-state index is 12.5. The summed E-state index contributed by atoms with van der Waals surface area (Å²) in [5, 5.41) is 0.427. The number of ether oxygens (including phenoxy) is 1. The standard InChI is InChI=1S/C14H16BrClN2O3/c1-2-21-14(20)18-7-5-17(6-8-18)13(19)11-9-10(15)3-4-12(11)16/h3-4,9H,2,5-8H2,1H3. The van der Waals surface area contributed by atoms with Crippen molar-refractivity contribution in [3.63, 3.8) is 0 Å². The lowest BCUT2D eigenvalue weighted by atomic mass is 10.2. The molecule has 1 aromatic rings. The van der Waals surface area contributed by atoms with Crippen molar-refractivity contribution in [3.8, 4) is 0 Å². The van der Waals surface area contributed by atoms with E-state index in [1.807, 2.05) is 0 Å². The molecule has 21 heavy (non-hydrogen) atoms. The number of hydrogen-bond acceptors (Lipinski definition) is 3. The number of piperazine rings is 1. The monoisotopic (exact) mass is 374 g/mol. The number of carbonyl (C=O) groups is 2. The first kappa shape index (κ1) is 16.1. The summed E-state index contributed by atoms with van der Waals surface area (Å²) in [6.07, 6.45) is -0.329. The summed E-state index contributed by atoms with van der Waals surface area (Å²) >= 11 is 9.41. The Hall–Kier alpha value is -1.27. The van der Waals surface area contributed by atoms with Crippen molar-refractivity contribution in [2.24, 2.45) is 0 Å². The summed E-state index contributed by atoms with van der Waals surface area (Å²) in [5.41, 5.74) is 0.468. The highest BCUT2D eigenvalue weighted by molar-refractivity contribution is 9.10. The quantitative estimate of drug-likeness (QED) is 0.798. The van der Waals surface area contributed by atoms with E-state index in [0.29, 0.717) is 43.4 Å². The molecule has 2 rings (SSSR count). The van der Waals surface area contributed by atoms with Crippen molar-refractivity contribution >= 4 is 39.5 Å². The SMILES string of the molecule is CCOC(=O)N1CCN(C(=O)c2cc(Br)ccc2Cl)CC1. The summed E-state index contributed by atoms with van der Waals surface area (Å²) in [4.78, 5) is 27.4. The molecule has 0 bridgehead atoms. The fraction of sp³-hybridized carbons (Fsp3) is 0.429. The molecule has 1 saturated heterocycles. The van der Waals surface area contributed by atoms with Gasteiger partial charge in [-0.15, -0.1) is 0 Å². The van der Waals surface area contributed by atoms with Gasteiger partial charge in [0.15, 0.2) is 0 Å². The second kappa shape index (κ2) is 7.13. The van der Waals surface area contributed by atoms with Gasteiger partial charge in [-0.05, 0) is 25.1 Å². The lowest BCUT2D eigenvalue weighted by Gasteiger charge is -2.34. The van der Waals surface area contributed by atoms with Crippen molar-refractivity contribution < 1.29 is 14.3 Å². The molecule has 7 heteroatoms. The molecule has 1 aliphatic rings. The Morgan fingerprint density at radius 3 is 2.48 bits per heavy atom. The molecular formula is C14H16BrClN2O3. The number of carbonyl (C=O) groups excluding carboxylic acids is 2. The van der Waals surface area contributed by atoms with Gasteiger partial charge in [0, 0.05) is 30.7 Å². The van der Waals surface area contributed by atoms with Gasteiger partial charge in [0.2, 0.25) is 0 Å². The number of hydrogen-bond donors (Lipinski definition) is 0. The van der Waals surface area contributed by atoms with Gasteiger partial charge >= 0.3 is 6.09 Å². The van der Waals surface area contributed by atoms with E-state index in [1.54, 1.807) is 34.9 Å². The van der Waals surface area contributed by atoms with Gasteiger partial charge in [0.25, 0.3) is 5.91 Å². The van der Waals surface area contributed by atoms with Gasteiger partial charge in [0.1, 0.15) is 0 Å². The van der Waals surface area contributed by atoms with E-state index in [9.17, 15) is 9.59 Å². The van der Waals surface area contributed by atoms with Gasteiger partial charge < -0.3 is 14.5 Å². The zero-order valence-electron chi connectivity index (χ0n) is 11.6. The molecule has 1 heterocycles. The molecule has 1 fully saturated rings. The molecule has 1 aromatic carbocycles. The first-order valence-corrected chi connectivity index (χ1v) is 7.86. The minimum Gasteiger partial charge on any atom is -0.450 e. The van der Waals surface area contributed by atoms with Crippen LogP contribution in [0.5, 0.6) is 0 Å². The first-order chi connectivity index (χ1) is 10.0. The van der Waals surface area contributed by atoms with E-state index < -0.39 is 0 Å². The largest absolute Gasteiger partial charge is 0.450 e. The molecule has 114 valence electrons. The molecule has 0 radical (unpaired) electrons. The van der Waals surface area contributed by atoms with Crippen LogP contribution in [0.4, 0.5) is 4.79 Å². The van der Waals surface area contributed by atoms with Gasteiger partial charge in [-0.3, -0.25) is 4.79 Å². The number of halogens is 2. The zero-order chi connectivity index (χ0) is 15.4. The summed E-state index contributed by atoms with van der Waals surface area (Å²) in [6, 6.07) is 5.19. The summed E-state index contributed by atoms with van der Waals surface area (Å²) in [7, 11) is 0. The predicted molar refractivity (Wildman–Crippen MR) is 83.7 cm³/mol. The average Bonchev–Trinajstić information content (AvgIpc) is 2.49. The normalized spacial score (nSPS) is 15.0. The maximum absolute atomic E-state index is 12.5. The third-order valence-corrected chi connectivity index (χ3v) is 4.07. The van der Waals surface area contributed by atoms with Crippen LogP contribution >= 0.6 is 27.5 Å². The van der Waals surface area contributed by atoms with Crippen molar-refractivity contribution in [2.75, 3.05) is 32.8 Å². The van der Waals surface area contributed by atoms with Crippen LogP contribution in [0.1, 0.15) is 17.3 Å². The number of nitrogens with zero attached hydrogens (tertiary/aromatic N) is 2. The maximum Gasteiger partial charge on any atom is 0.409 e. The molecule has 0 N–H and O–H groups in total. The van der Waals surface area contributed by atoms with Crippen LogP contribution in [-0.2, 0) is 4.74 Å². The van der Waals surface area contributed by atoms with Crippen molar-refractivity contribution in [2.45, 2.75) is 6.92 Å². The molecule has 0 unspecified atom stereocenters. The van der Waals surface area contributed by atoms with E-state index in [4.69, 9.17) is 16.3 Å². The van der Waals surface area contributed by atoms with Crippen LogP contribution in [0.15, 0.2) is 22.7 Å². The highest BCUT2D eigenvalue weighted by Crippen LogP contribution is 2.23. The van der Waals surface area contributed by atoms with Gasteiger partial charge in [-0.25, -0.2) is 4.79 Å². The molecule has 0 saturated carbocycles. The minimum atomic E-state index is -0.329. The van der Waals surface area contributed by atoms with E-state index >= 15 is 0 Å². The van der Waals surface area contributed by atoms with E-state index in [1.165, 1.54) is 0 Å². The predicted octanol–water partition coefficient (Wildman–Crippen LogP) is 3.02. The highest BCUT2D eigenvalue weighted by Gasteiger charge is 2.26. The second-order valence-electron chi connectivity index (χ2n) is 4.60. The molecule has 0 spiro atoms. The van der Waals surface area contributed by atoms with Crippen LogP contribution in [0, 0.1) is 0 Å².